The second-order valence-electron chi connectivity index (χ2n) is 2.67. The highest BCUT2D eigenvalue weighted by Gasteiger charge is 2.38. The number of hydrogen-bond donors (Lipinski definition) is 0. The van der Waals surface area contributed by atoms with Gasteiger partial charge in [0, 0.05) is 0 Å². The summed E-state index contributed by atoms with van der Waals surface area (Å²) >= 11 is 0. The van der Waals surface area contributed by atoms with Crippen LogP contribution in [0.3, 0.4) is 0 Å². The maximum Gasteiger partial charge on any atom is 0.539 e. The molecule has 0 aliphatic carbocycles. The fraction of sp³-hybridized carbons (Fsp3) is 0.250. The van der Waals surface area contributed by atoms with Crippen LogP contribution in [0.5, 0.6) is 11.5 Å². The van der Waals surface area contributed by atoms with Gasteiger partial charge in [-0.3, -0.25) is 0 Å². The van der Waals surface area contributed by atoms with E-state index in [0.29, 0.717) is 0 Å². The van der Waals surface area contributed by atoms with Crippen LogP contribution in [0.4, 0.5) is 13.2 Å². The van der Waals surface area contributed by atoms with Crippen LogP contribution in [-0.2, 0) is 14.6 Å². The van der Waals surface area contributed by atoms with Crippen molar-refractivity contribution >= 4 is 10.4 Å². The number of alkyl halides is 3. The lowest BCUT2D eigenvalue weighted by atomic mass is 10.3. The molecule has 0 N–H and O–H groups in total. The van der Waals surface area contributed by atoms with Crippen molar-refractivity contribution in [1.29, 1.82) is 0 Å². The first-order valence-corrected chi connectivity index (χ1v) is 5.41. The fourth-order valence-corrected chi connectivity index (χ4v) is 1.55. The van der Waals surface area contributed by atoms with Gasteiger partial charge in [-0.25, -0.2) is 0 Å². The Balaban J connectivity index is 2.91. The largest absolute Gasteiger partial charge is 0.539 e. The first kappa shape index (κ1) is 13.6. The van der Waals surface area contributed by atoms with E-state index in [-0.39, 0.29) is 5.75 Å². The Morgan fingerprint density at radius 3 is 2.12 bits per heavy atom. The molecule has 1 aromatic carbocycles. The van der Waals surface area contributed by atoms with E-state index in [4.69, 9.17) is 4.74 Å². The third-order valence-electron chi connectivity index (χ3n) is 1.46. The summed E-state index contributed by atoms with van der Waals surface area (Å²) in [6.45, 7) is 0. The van der Waals surface area contributed by atoms with Crippen molar-refractivity contribution in [1.82, 2.24) is 0 Å². The van der Waals surface area contributed by atoms with Crippen LogP contribution in [0.2, 0.25) is 0 Å². The lowest BCUT2D eigenvalue weighted by molar-refractivity contribution is -0.274. The van der Waals surface area contributed by atoms with Crippen LogP contribution in [-0.4, -0.2) is 21.9 Å². The lowest BCUT2D eigenvalue weighted by Gasteiger charge is -2.10. The molecule has 0 aromatic heterocycles. The summed E-state index contributed by atoms with van der Waals surface area (Å²) in [6.07, 6.45) is -5.35. The molecule has 1 aromatic rings. The Bertz CT molecular complexity index is 482. The van der Waals surface area contributed by atoms with Gasteiger partial charge >= 0.3 is 16.8 Å². The van der Waals surface area contributed by atoms with Crippen molar-refractivity contribution in [3.63, 3.8) is 0 Å². The highest BCUT2D eigenvalue weighted by molar-refractivity contribution is 7.82. The van der Waals surface area contributed by atoms with Crippen LogP contribution >= 0.6 is 0 Å². The van der Waals surface area contributed by atoms with E-state index < -0.39 is 22.5 Å². The maximum atomic E-state index is 11.7. The molecule has 0 spiro atoms. The summed E-state index contributed by atoms with van der Waals surface area (Å²) in [5, 5.41) is 0. The van der Waals surface area contributed by atoms with Gasteiger partial charge in [-0.15, -0.1) is 17.4 Å². The third-order valence-corrected chi connectivity index (χ3v) is 2.23. The summed E-state index contributed by atoms with van der Waals surface area (Å²) in [7, 11) is -4.02. The van der Waals surface area contributed by atoms with E-state index in [0.717, 1.165) is 6.07 Å². The molecule has 0 fully saturated rings. The smallest absolute Gasteiger partial charge is 0.493 e. The van der Waals surface area contributed by atoms with Crippen LogP contribution in [0.1, 0.15) is 0 Å². The summed E-state index contributed by atoms with van der Waals surface area (Å²) in [5.74, 6) is -0.443. The first-order chi connectivity index (χ1) is 7.73. The second-order valence-corrected chi connectivity index (χ2v) is 3.82. The van der Waals surface area contributed by atoms with Crippen molar-refractivity contribution in [2.75, 3.05) is 7.11 Å². The Hall–Kier alpha value is -1.48. The molecule has 17 heavy (non-hydrogen) atoms. The van der Waals surface area contributed by atoms with E-state index in [1.54, 1.807) is 0 Å². The predicted molar refractivity (Wildman–Crippen MR) is 49.7 cm³/mol. The van der Waals surface area contributed by atoms with Crippen molar-refractivity contribution in [3.8, 4) is 11.5 Å². The Morgan fingerprint density at radius 2 is 1.65 bits per heavy atom. The molecule has 0 bridgehead atoms. The van der Waals surface area contributed by atoms with E-state index in [1.807, 2.05) is 0 Å². The number of ether oxygens (including phenoxy) is 1. The summed E-state index contributed by atoms with van der Waals surface area (Å²) in [5.41, 5.74) is 0. The third kappa shape index (κ3) is 4.49. The quantitative estimate of drug-likeness (QED) is 0.837. The molecule has 0 aliphatic rings. The highest BCUT2D eigenvalue weighted by Crippen LogP contribution is 2.29. The van der Waals surface area contributed by atoms with Gasteiger partial charge < -0.3 is 8.92 Å². The number of methoxy groups -OCH3 is 1. The van der Waals surface area contributed by atoms with Crippen LogP contribution in [0, 0.1) is 0 Å². The molecule has 0 saturated heterocycles. The number of hydrogen-bond acceptors (Lipinski definition) is 5. The Morgan fingerprint density at radius 1 is 1.12 bits per heavy atom. The topological polar surface area (TPSA) is 61.8 Å². The van der Waals surface area contributed by atoms with Gasteiger partial charge in [0.15, 0.2) is 11.5 Å². The van der Waals surface area contributed by atoms with Gasteiger partial charge in [0.25, 0.3) is 0 Å². The normalized spacial score (nSPS) is 12.2. The average Bonchev–Trinajstić information content (AvgIpc) is 2.14. The molecule has 5 nitrogen and oxygen atoms in total. The predicted octanol–water partition coefficient (Wildman–Crippen LogP) is 1.86. The molecule has 1 rings (SSSR count). The van der Waals surface area contributed by atoms with Gasteiger partial charge in [0.1, 0.15) is 0 Å². The summed E-state index contributed by atoms with van der Waals surface area (Å²) < 4.78 is 68.5. The molecule has 0 aliphatic heterocycles. The Kier molecular flexibility index (Phi) is 3.83. The number of halogens is 3. The summed E-state index contributed by atoms with van der Waals surface area (Å²) in [6, 6.07) is 5.29. The summed E-state index contributed by atoms with van der Waals surface area (Å²) in [4.78, 5) is 0. The van der Waals surface area contributed by atoms with Crippen LogP contribution in [0.25, 0.3) is 0 Å². The zero-order valence-electron chi connectivity index (χ0n) is 8.39. The average molecular weight is 272 g/mol. The van der Waals surface area contributed by atoms with Gasteiger partial charge in [-0.1, -0.05) is 12.1 Å². The molecule has 0 atom stereocenters. The van der Waals surface area contributed by atoms with Gasteiger partial charge in [-0.2, -0.15) is 8.42 Å². The van der Waals surface area contributed by atoms with E-state index >= 15 is 0 Å². The Labute approximate surface area is 95.0 Å². The molecule has 9 heteroatoms. The van der Waals surface area contributed by atoms with E-state index in [9.17, 15) is 21.6 Å². The molecular weight excluding hydrogens is 265 g/mol. The van der Waals surface area contributed by atoms with Gasteiger partial charge in [-0.05, 0) is 12.1 Å². The van der Waals surface area contributed by atoms with Crippen LogP contribution < -0.4 is 8.92 Å². The zero-order chi connectivity index (χ0) is 13.1. The first-order valence-electron chi connectivity index (χ1n) is 4.08. The molecule has 0 saturated carbocycles. The monoisotopic (exact) mass is 272 g/mol. The second kappa shape index (κ2) is 4.80. The molecule has 0 heterocycles. The standard InChI is InChI=1S/C8H7F3O5S/c1-14-6-4-2-3-5-7(6)15-17(12,13)16-8(9,10)11/h2-5H,1H3. The SMILES string of the molecule is COc1ccccc1OS(=O)(=O)OC(F)(F)F. The van der Waals surface area contributed by atoms with Gasteiger partial charge in [0.05, 0.1) is 7.11 Å². The molecular formula is C8H7F3O5S. The van der Waals surface area contributed by atoms with Gasteiger partial charge in [0.2, 0.25) is 0 Å². The minimum absolute atomic E-state index is 0.0400. The minimum Gasteiger partial charge on any atom is -0.493 e. The van der Waals surface area contributed by atoms with Crippen molar-refractivity contribution in [2.24, 2.45) is 0 Å². The van der Waals surface area contributed by atoms with E-state index in [2.05, 4.69) is 8.37 Å². The molecule has 0 unspecified atom stereocenters. The minimum atomic E-state index is -5.35. The fourth-order valence-electron chi connectivity index (χ4n) is 0.930. The molecule has 0 radical (unpaired) electrons. The van der Waals surface area contributed by atoms with Crippen molar-refractivity contribution < 1.29 is 34.7 Å². The van der Waals surface area contributed by atoms with E-state index in [1.165, 1.54) is 25.3 Å². The van der Waals surface area contributed by atoms with Crippen molar-refractivity contribution in [2.45, 2.75) is 6.36 Å². The number of para-hydroxylation sites is 2. The van der Waals surface area contributed by atoms with Crippen LogP contribution in [0.15, 0.2) is 24.3 Å². The molecule has 0 amide bonds. The molecule has 96 valence electrons. The zero-order valence-corrected chi connectivity index (χ0v) is 9.21. The lowest BCUT2D eigenvalue weighted by Crippen LogP contribution is -2.23. The number of rotatable bonds is 4. The number of benzene rings is 1. The van der Waals surface area contributed by atoms with Crippen molar-refractivity contribution in [3.05, 3.63) is 24.3 Å². The maximum absolute atomic E-state index is 11.7. The highest BCUT2D eigenvalue weighted by atomic mass is 32.3.